The maximum Gasteiger partial charge on any atom is 2.00 e. The number of phosphoric acid groups is 1. The molecule has 0 rings (SSSR count). The zero-order valence-corrected chi connectivity index (χ0v) is 16.5. The van der Waals surface area contributed by atoms with Crippen LogP contribution in [0.4, 0.5) is 0 Å². The molecule has 4 nitrogen and oxygen atoms in total. The molecule has 0 aliphatic carbocycles. The Balaban J connectivity index is -0.00000000381. The molecule has 0 aromatic rings. The maximum atomic E-state index is 8.88. The van der Waals surface area contributed by atoms with E-state index in [0.29, 0.717) is 0 Å². The summed E-state index contributed by atoms with van der Waals surface area (Å²) >= 11 is 0. The van der Waals surface area contributed by atoms with Crippen LogP contribution in [0.5, 0.6) is 0 Å². The first kappa shape index (κ1) is 36.2. The van der Waals surface area contributed by atoms with Gasteiger partial charge >= 0.3 is 148 Å². The first-order valence-electron chi connectivity index (χ1n) is 0.783. The standard InChI is InChI=1S/Ca.2ClH.2K.H3O4P.2H/c;;;;;1-5(2,3)4;;/h;2*1H;;;(H3,1,2,3,4);;/q+2;;;2*+1;;2*-1/p-2. The molecular weight excluding hydrogens is 284 g/mol. The third-order valence-corrected chi connectivity index (χ3v) is 0. The van der Waals surface area contributed by atoms with Crippen LogP contribution in [0.1, 0.15) is 2.85 Å². The van der Waals surface area contributed by atoms with Gasteiger partial charge in [-0.3, -0.25) is 0 Å². The Morgan fingerprint density at radius 3 is 1.00 bits per heavy atom. The maximum absolute atomic E-state index is 8.88. The van der Waals surface area contributed by atoms with E-state index in [2.05, 4.69) is 0 Å². The van der Waals surface area contributed by atoms with Crippen LogP contribution in [0.3, 0.4) is 0 Å². The molecule has 10 heteroatoms. The molecule has 10 heavy (non-hydrogen) atoms. The Bertz CT molecular complexity index is 75.2. The van der Waals surface area contributed by atoms with Crippen molar-refractivity contribution in [1.29, 1.82) is 0 Å². The molecule has 0 spiro atoms. The van der Waals surface area contributed by atoms with E-state index in [-0.39, 0.29) is 168 Å². The van der Waals surface area contributed by atoms with Crippen molar-refractivity contribution >= 4 is 45.6 Å². The molecule has 0 radical (unpaired) electrons. The second-order valence-corrected chi connectivity index (χ2v) is 1.54. The molecule has 0 aromatic heterocycles. The Morgan fingerprint density at radius 2 is 1.00 bits per heavy atom. The van der Waals surface area contributed by atoms with Gasteiger partial charge in [-0.1, -0.05) is 0 Å². The first-order chi connectivity index (χ1) is 2.00. The van der Waals surface area contributed by atoms with Gasteiger partial charge in [-0.05, 0) is 0 Å². The number of halogens is 2. The summed E-state index contributed by atoms with van der Waals surface area (Å²) in [6.07, 6.45) is 0. The van der Waals surface area contributed by atoms with Crippen molar-refractivity contribution in [1.82, 2.24) is 0 Å². The van der Waals surface area contributed by atoms with Crippen molar-refractivity contribution in [2.24, 2.45) is 0 Å². The van der Waals surface area contributed by atoms with Crippen LogP contribution in [-0.4, -0.2) is 52.4 Å². The Morgan fingerprint density at radius 1 is 1.00 bits per heavy atom. The largest absolute Gasteiger partial charge is 2.00 e. The van der Waals surface area contributed by atoms with Crippen molar-refractivity contribution in [2.75, 3.05) is 0 Å². The van der Waals surface area contributed by atoms with Crippen LogP contribution in [-0.2, 0) is 4.57 Å². The zero-order chi connectivity index (χ0) is 4.50. The van der Waals surface area contributed by atoms with E-state index in [1.165, 1.54) is 0 Å². The van der Waals surface area contributed by atoms with Crippen LogP contribution >= 0.6 is 7.82 Å². The molecule has 0 atom stereocenters. The zero-order valence-electron chi connectivity index (χ0n) is 7.66. The molecule has 0 aliphatic heterocycles. The van der Waals surface area contributed by atoms with E-state index in [1.807, 2.05) is 0 Å². The van der Waals surface area contributed by atoms with E-state index >= 15 is 0 Å². The fourth-order valence-electron chi connectivity index (χ4n) is 0. The van der Waals surface area contributed by atoms with E-state index in [0.717, 1.165) is 0 Å². The topological polar surface area (TPSA) is 77.8 Å². The molecule has 0 fully saturated rings. The predicted molar refractivity (Wildman–Crippen MR) is 22.2 cm³/mol. The summed E-state index contributed by atoms with van der Waals surface area (Å²) in [4.78, 5) is 21.6. The minimum atomic E-state index is -4.64. The molecule has 0 saturated carbocycles. The second-order valence-electron chi connectivity index (χ2n) is 0.513. The number of hydrogen-bond donors (Lipinski definition) is 3. The van der Waals surface area contributed by atoms with Crippen LogP contribution in [0, 0.1) is 0 Å². The van der Waals surface area contributed by atoms with Crippen molar-refractivity contribution in [3.8, 4) is 0 Å². The molecule has 0 amide bonds. The molecule has 0 aromatic carbocycles. The Kier molecular flexibility index (Phi) is 71.5. The van der Waals surface area contributed by atoms with Gasteiger partial charge in [-0.15, -0.1) is 0 Å². The average molecular weight is 289 g/mol. The van der Waals surface area contributed by atoms with Gasteiger partial charge in [0.2, 0.25) is 0 Å². The van der Waals surface area contributed by atoms with Crippen molar-refractivity contribution < 1.29 is 150 Å². The molecule has 52 valence electrons. The van der Waals surface area contributed by atoms with Crippen LogP contribution in [0.25, 0.3) is 0 Å². The molecule has 0 unspecified atom stereocenters. The van der Waals surface area contributed by atoms with E-state index in [1.54, 1.807) is 0 Å². The molecule has 3 N–H and O–H groups in total. The third-order valence-electron chi connectivity index (χ3n) is 0. The first-order valence-corrected chi connectivity index (χ1v) is 2.35. The summed E-state index contributed by atoms with van der Waals surface area (Å²) in [5, 5.41) is 0. The monoisotopic (exact) mass is 288 g/mol. The smallest absolute Gasteiger partial charge is 1.00 e. The van der Waals surface area contributed by atoms with E-state index in [4.69, 9.17) is 19.2 Å². The van der Waals surface area contributed by atoms with Gasteiger partial charge in [0.1, 0.15) is 0 Å². The summed E-state index contributed by atoms with van der Waals surface area (Å²) in [5.74, 6) is 0. The van der Waals surface area contributed by atoms with Gasteiger partial charge in [0.25, 0.3) is 0 Å². The van der Waals surface area contributed by atoms with Gasteiger partial charge in [-0.25, -0.2) is 4.57 Å². The summed E-state index contributed by atoms with van der Waals surface area (Å²) in [6, 6.07) is 0. The second kappa shape index (κ2) is 19.7. The predicted octanol–water partition coefficient (Wildman–Crippen LogP) is -13.1. The van der Waals surface area contributed by atoms with E-state index < -0.39 is 7.82 Å². The molecular formula is H5CaCl2K2O4P. The SMILES string of the molecule is O=P(O)(O)O.[Ca+2].[Cl-].[Cl-].[H-].[H-].[K+].[K+]. The number of hydrogen-bond acceptors (Lipinski definition) is 1. The van der Waals surface area contributed by atoms with Gasteiger partial charge < -0.3 is 42.3 Å². The molecule has 0 saturated heterocycles. The van der Waals surface area contributed by atoms with Gasteiger partial charge in [0, 0.05) is 0 Å². The van der Waals surface area contributed by atoms with Crippen molar-refractivity contribution in [3.05, 3.63) is 0 Å². The quantitative estimate of drug-likeness (QED) is 0.306. The van der Waals surface area contributed by atoms with Gasteiger partial charge in [0.15, 0.2) is 0 Å². The summed E-state index contributed by atoms with van der Waals surface area (Å²) in [7, 11) is -4.64. The molecule has 0 heterocycles. The average Bonchev–Trinajstić information content (AvgIpc) is 0.722. The fraction of sp³-hybridized carbons (Fsp3) is 0. The number of rotatable bonds is 0. The van der Waals surface area contributed by atoms with Crippen LogP contribution in [0.2, 0.25) is 0 Å². The molecule has 0 aliphatic rings. The Hall–Kier alpha value is 5.22. The molecule has 0 bridgehead atoms. The Labute approximate surface area is 190 Å². The fourth-order valence-corrected chi connectivity index (χ4v) is 0. The summed E-state index contributed by atoms with van der Waals surface area (Å²) in [6.45, 7) is 0. The minimum absolute atomic E-state index is 0. The summed E-state index contributed by atoms with van der Waals surface area (Å²) < 4.78 is 8.88. The van der Waals surface area contributed by atoms with Crippen LogP contribution in [0.15, 0.2) is 0 Å². The van der Waals surface area contributed by atoms with E-state index in [9.17, 15) is 0 Å². The van der Waals surface area contributed by atoms with Crippen molar-refractivity contribution in [2.45, 2.75) is 0 Å². The van der Waals surface area contributed by atoms with Crippen molar-refractivity contribution in [3.63, 3.8) is 0 Å². The minimum Gasteiger partial charge on any atom is -1.00 e. The normalized spacial score (nSPS) is 5.90. The van der Waals surface area contributed by atoms with Gasteiger partial charge in [-0.2, -0.15) is 0 Å². The van der Waals surface area contributed by atoms with Gasteiger partial charge in [0.05, 0.1) is 0 Å². The third kappa shape index (κ3) is 72.4. The summed E-state index contributed by atoms with van der Waals surface area (Å²) in [5.41, 5.74) is 0. The van der Waals surface area contributed by atoms with Crippen LogP contribution < -0.4 is 128 Å².